The van der Waals surface area contributed by atoms with E-state index in [-0.39, 0.29) is 6.10 Å². The highest BCUT2D eigenvalue weighted by Crippen LogP contribution is 2.31. The fraction of sp³-hybridized carbons (Fsp3) is 0.571. The van der Waals surface area contributed by atoms with Crippen LogP contribution in [-0.2, 0) is 0 Å². The smallest absolute Gasteiger partial charge is 0.161 e. The molecular weight excluding hydrogens is 250 g/mol. The van der Waals surface area contributed by atoms with E-state index in [0.29, 0.717) is 12.5 Å². The number of hydrogen-bond donors (Lipinski definition) is 0. The molecule has 0 saturated heterocycles. The van der Waals surface area contributed by atoms with Crippen molar-refractivity contribution in [3.63, 3.8) is 0 Å². The Morgan fingerprint density at radius 2 is 2.06 bits per heavy atom. The van der Waals surface area contributed by atoms with Gasteiger partial charge in [-0.25, -0.2) is 0 Å². The fourth-order valence-electron chi connectivity index (χ4n) is 2.05. The average Bonchev–Trinajstić information content (AvgIpc) is 2.39. The summed E-state index contributed by atoms with van der Waals surface area (Å²) in [6.07, 6.45) is 2.29. The van der Waals surface area contributed by atoms with Gasteiger partial charge in [0, 0.05) is 12.4 Å². The number of fused-ring (bicyclic) bond motifs is 1. The Balaban J connectivity index is 1.73. The van der Waals surface area contributed by atoms with Gasteiger partial charge in [-0.3, -0.25) is 0 Å². The lowest BCUT2D eigenvalue weighted by Gasteiger charge is -2.27. The molecule has 4 heteroatoms. The predicted octanol–water partition coefficient (Wildman–Crippen LogP) is 2.78. The minimum Gasteiger partial charge on any atom is -0.486 e. The zero-order valence-electron chi connectivity index (χ0n) is 10.8. The molecule has 3 nitrogen and oxygen atoms in total. The Bertz CT molecular complexity index is 373. The van der Waals surface area contributed by atoms with Crippen LogP contribution >= 0.6 is 11.6 Å². The topological polar surface area (TPSA) is 21.7 Å². The Morgan fingerprint density at radius 3 is 2.83 bits per heavy atom. The Kier molecular flexibility index (Phi) is 5.14. The molecule has 0 N–H and O–H groups in total. The second kappa shape index (κ2) is 6.86. The molecular formula is C14H20ClNO2. The molecule has 0 radical (unpaired) electrons. The Labute approximate surface area is 114 Å². The summed E-state index contributed by atoms with van der Waals surface area (Å²) in [6, 6.07) is 7.84. The molecule has 0 aliphatic carbocycles. The molecule has 1 aliphatic heterocycles. The van der Waals surface area contributed by atoms with Crippen molar-refractivity contribution in [2.75, 3.05) is 32.6 Å². The van der Waals surface area contributed by atoms with Crippen LogP contribution in [0.3, 0.4) is 0 Å². The molecule has 1 aliphatic rings. The first kappa shape index (κ1) is 13.5. The van der Waals surface area contributed by atoms with Gasteiger partial charge in [0.25, 0.3) is 0 Å². The molecule has 0 saturated carbocycles. The minimum absolute atomic E-state index is 0.171. The summed E-state index contributed by atoms with van der Waals surface area (Å²) in [6.45, 7) is 2.64. The first-order valence-electron chi connectivity index (χ1n) is 6.42. The summed E-state index contributed by atoms with van der Waals surface area (Å²) in [7, 11) is 2.09. The van der Waals surface area contributed by atoms with Crippen LogP contribution in [0, 0.1) is 0 Å². The Hall–Kier alpha value is -0.930. The normalized spacial score (nSPS) is 18.1. The maximum Gasteiger partial charge on any atom is 0.161 e. The quantitative estimate of drug-likeness (QED) is 0.742. The van der Waals surface area contributed by atoms with Crippen molar-refractivity contribution in [3.8, 4) is 11.5 Å². The monoisotopic (exact) mass is 269 g/mol. The van der Waals surface area contributed by atoms with Crippen LogP contribution < -0.4 is 9.47 Å². The SMILES string of the molecule is CN(CCCl)CCCC1COc2ccccc2O1. The van der Waals surface area contributed by atoms with Crippen molar-refractivity contribution in [1.29, 1.82) is 0 Å². The van der Waals surface area contributed by atoms with E-state index < -0.39 is 0 Å². The van der Waals surface area contributed by atoms with Gasteiger partial charge in [-0.2, -0.15) is 0 Å². The Morgan fingerprint density at radius 1 is 1.28 bits per heavy atom. The van der Waals surface area contributed by atoms with Crippen LogP contribution in [0.1, 0.15) is 12.8 Å². The number of para-hydroxylation sites is 2. The maximum absolute atomic E-state index is 5.90. The van der Waals surface area contributed by atoms with E-state index in [1.165, 1.54) is 0 Å². The van der Waals surface area contributed by atoms with Gasteiger partial charge >= 0.3 is 0 Å². The number of alkyl halides is 1. The summed E-state index contributed by atoms with van der Waals surface area (Å²) in [5.41, 5.74) is 0. The molecule has 1 unspecified atom stereocenters. The summed E-state index contributed by atoms with van der Waals surface area (Å²) in [4.78, 5) is 2.24. The lowest BCUT2D eigenvalue weighted by molar-refractivity contribution is 0.0814. The highest BCUT2D eigenvalue weighted by molar-refractivity contribution is 6.18. The number of benzene rings is 1. The van der Waals surface area contributed by atoms with Gasteiger partial charge in [0.2, 0.25) is 0 Å². The second-order valence-corrected chi connectivity index (χ2v) is 5.01. The number of rotatable bonds is 6. The van der Waals surface area contributed by atoms with E-state index in [1.54, 1.807) is 0 Å². The zero-order valence-corrected chi connectivity index (χ0v) is 11.5. The molecule has 0 amide bonds. The van der Waals surface area contributed by atoms with E-state index >= 15 is 0 Å². The third-order valence-corrected chi connectivity index (χ3v) is 3.27. The molecule has 1 aromatic rings. The van der Waals surface area contributed by atoms with Crippen LogP contribution in [0.2, 0.25) is 0 Å². The van der Waals surface area contributed by atoms with Crippen LogP contribution in [-0.4, -0.2) is 43.6 Å². The highest BCUT2D eigenvalue weighted by Gasteiger charge is 2.19. The molecule has 0 aromatic heterocycles. The van der Waals surface area contributed by atoms with E-state index in [9.17, 15) is 0 Å². The standard InChI is InChI=1S/C14H20ClNO2/c1-16(10-8-15)9-4-5-12-11-17-13-6-2-3-7-14(13)18-12/h2-3,6-7,12H,4-5,8-11H2,1H3. The number of nitrogens with zero attached hydrogens (tertiary/aromatic N) is 1. The van der Waals surface area contributed by atoms with Crippen LogP contribution in [0.4, 0.5) is 0 Å². The highest BCUT2D eigenvalue weighted by atomic mass is 35.5. The molecule has 1 atom stereocenters. The summed E-state index contributed by atoms with van der Waals surface area (Å²) >= 11 is 5.69. The number of halogens is 1. The van der Waals surface area contributed by atoms with Gasteiger partial charge in [0.05, 0.1) is 0 Å². The summed E-state index contributed by atoms with van der Waals surface area (Å²) < 4.78 is 11.6. The minimum atomic E-state index is 0.171. The number of ether oxygens (including phenoxy) is 2. The van der Waals surface area contributed by atoms with E-state index in [4.69, 9.17) is 21.1 Å². The summed E-state index contributed by atoms with van der Waals surface area (Å²) in [5.74, 6) is 2.41. The molecule has 100 valence electrons. The van der Waals surface area contributed by atoms with Crippen LogP contribution in [0.5, 0.6) is 11.5 Å². The van der Waals surface area contributed by atoms with Crippen molar-refractivity contribution in [1.82, 2.24) is 4.90 Å². The first-order chi connectivity index (χ1) is 8.79. The van der Waals surface area contributed by atoms with Gasteiger partial charge in [0.15, 0.2) is 11.5 Å². The van der Waals surface area contributed by atoms with Gasteiger partial charge in [-0.1, -0.05) is 12.1 Å². The largest absolute Gasteiger partial charge is 0.486 e. The van der Waals surface area contributed by atoms with E-state index in [0.717, 1.165) is 37.4 Å². The van der Waals surface area contributed by atoms with E-state index in [1.807, 2.05) is 24.3 Å². The van der Waals surface area contributed by atoms with Crippen molar-refractivity contribution in [2.24, 2.45) is 0 Å². The van der Waals surface area contributed by atoms with Crippen LogP contribution in [0.25, 0.3) is 0 Å². The van der Waals surface area contributed by atoms with Crippen molar-refractivity contribution < 1.29 is 9.47 Å². The van der Waals surface area contributed by atoms with E-state index in [2.05, 4.69) is 11.9 Å². The summed E-state index contributed by atoms with van der Waals surface area (Å²) in [5, 5.41) is 0. The third kappa shape index (κ3) is 3.79. The molecule has 2 rings (SSSR count). The van der Waals surface area contributed by atoms with Crippen molar-refractivity contribution in [3.05, 3.63) is 24.3 Å². The molecule has 0 bridgehead atoms. The van der Waals surface area contributed by atoms with Crippen molar-refractivity contribution >= 4 is 11.6 Å². The van der Waals surface area contributed by atoms with Gasteiger partial charge in [-0.05, 0) is 38.6 Å². The first-order valence-corrected chi connectivity index (χ1v) is 6.96. The van der Waals surface area contributed by atoms with Crippen molar-refractivity contribution in [2.45, 2.75) is 18.9 Å². The van der Waals surface area contributed by atoms with Crippen LogP contribution in [0.15, 0.2) is 24.3 Å². The second-order valence-electron chi connectivity index (χ2n) is 4.63. The lowest BCUT2D eigenvalue weighted by Crippen LogP contribution is -2.30. The third-order valence-electron chi connectivity index (χ3n) is 3.10. The zero-order chi connectivity index (χ0) is 12.8. The molecule has 0 fully saturated rings. The fourth-order valence-corrected chi connectivity index (χ4v) is 2.34. The number of hydrogen-bond acceptors (Lipinski definition) is 3. The van der Waals surface area contributed by atoms with Gasteiger partial charge < -0.3 is 14.4 Å². The lowest BCUT2D eigenvalue weighted by atomic mass is 10.1. The van der Waals surface area contributed by atoms with Gasteiger partial charge in [0.1, 0.15) is 12.7 Å². The molecule has 0 spiro atoms. The average molecular weight is 270 g/mol. The molecule has 18 heavy (non-hydrogen) atoms. The van der Waals surface area contributed by atoms with Gasteiger partial charge in [-0.15, -0.1) is 11.6 Å². The molecule has 1 aromatic carbocycles. The predicted molar refractivity (Wildman–Crippen MR) is 73.8 cm³/mol. The maximum atomic E-state index is 5.90. The molecule has 1 heterocycles.